The molecule has 0 saturated heterocycles. The monoisotopic (exact) mass is 459 g/mol. The predicted octanol–water partition coefficient (Wildman–Crippen LogP) is 3.28. The molecule has 0 atom stereocenters. The first-order chi connectivity index (χ1) is 15.3. The first-order valence-electron chi connectivity index (χ1n) is 9.90. The van der Waals surface area contributed by atoms with Crippen molar-refractivity contribution in [2.75, 3.05) is 18.5 Å². The van der Waals surface area contributed by atoms with Gasteiger partial charge >= 0.3 is 0 Å². The Hall–Kier alpha value is -3.14. The molecule has 0 spiro atoms. The van der Waals surface area contributed by atoms with Crippen LogP contribution in [-0.4, -0.2) is 50.3 Å². The van der Waals surface area contributed by atoms with Gasteiger partial charge in [0.15, 0.2) is 5.82 Å². The number of pyridine rings is 1. The number of anilines is 2. The SMILES string of the molecule is CC(C)c1cnc(-c2cc(Cl)ccc2F)nc1Nc1ccncc1C(=O)NC(CO)CO. The number of halogens is 2. The first kappa shape index (κ1) is 23.5. The minimum absolute atomic E-state index is 0.0306. The summed E-state index contributed by atoms with van der Waals surface area (Å²) in [7, 11) is 0. The Balaban J connectivity index is 2.02. The molecule has 0 aliphatic heterocycles. The number of aliphatic hydroxyl groups is 2. The van der Waals surface area contributed by atoms with Gasteiger partial charge in [-0.1, -0.05) is 25.4 Å². The number of aromatic nitrogens is 3. The molecule has 2 aromatic heterocycles. The quantitative estimate of drug-likeness (QED) is 0.408. The number of amides is 1. The average Bonchev–Trinajstić information content (AvgIpc) is 2.79. The number of carbonyl (C=O) groups excluding carboxylic acids is 1. The van der Waals surface area contributed by atoms with Gasteiger partial charge in [0, 0.05) is 29.2 Å². The van der Waals surface area contributed by atoms with E-state index in [4.69, 9.17) is 11.6 Å². The Morgan fingerprint density at radius 1 is 1.19 bits per heavy atom. The third-order valence-electron chi connectivity index (χ3n) is 4.70. The van der Waals surface area contributed by atoms with Gasteiger partial charge in [-0.25, -0.2) is 14.4 Å². The summed E-state index contributed by atoms with van der Waals surface area (Å²) < 4.78 is 14.4. The molecule has 0 unspecified atom stereocenters. The summed E-state index contributed by atoms with van der Waals surface area (Å²) in [4.78, 5) is 25.4. The van der Waals surface area contributed by atoms with Crippen molar-refractivity contribution in [1.29, 1.82) is 0 Å². The van der Waals surface area contributed by atoms with Gasteiger partial charge in [0.05, 0.1) is 36.1 Å². The molecule has 0 saturated carbocycles. The zero-order valence-corrected chi connectivity index (χ0v) is 18.3. The first-order valence-corrected chi connectivity index (χ1v) is 10.3. The molecule has 32 heavy (non-hydrogen) atoms. The van der Waals surface area contributed by atoms with Crippen LogP contribution in [0.15, 0.2) is 42.9 Å². The van der Waals surface area contributed by atoms with Crippen molar-refractivity contribution >= 4 is 29.0 Å². The molecule has 2 heterocycles. The van der Waals surface area contributed by atoms with Crippen LogP contribution in [0.25, 0.3) is 11.4 Å². The number of nitrogens with zero attached hydrogens (tertiary/aromatic N) is 3. The van der Waals surface area contributed by atoms with Crippen molar-refractivity contribution in [2.45, 2.75) is 25.8 Å². The van der Waals surface area contributed by atoms with Crippen LogP contribution in [0.3, 0.4) is 0 Å². The van der Waals surface area contributed by atoms with Gasteiger partial charge in [0.25, 0.3) is 5.91 Å². The number of benzene rings is 1. The molecule has 0 radical (unpaired) electrons. The number of carbonyl (C=O) groups is 1. The topological polar surface area (TPSA) is 120 Å². The molecule has 0 aliphatic rings. The third-order valence-corrected chi connectivity index (χ3v) is 4.94. The lowest BCUT2D eigenvalue weighted by molar-refractivity contribution is 0.0880. The lowest BCUT2D eigenvalue weighted by Gasteiger charge is -2.18. The van der Waals surface area contributed by atoms with Crippen LogP contribution in [0.1, 0.15) is 35.7 Å². The van der Waals surface area contributed by atoms with E-state index in [2.05, 4.69) is 25.6 Å². The summed E-state index contributed by atoms with van der Waals surface area (Å²) in [6, 6.07) is 4.91. The largest absolute Gasteiger partial charge is 0.394 e. The lowest BCUT2D eigenvalue weighted by Crippen LogP contribution is -2.40. The van der Waals surface area contributed by atoms with Crippen molar-refractivity contribution in [3.8, 4) is 11.4 Å². The van der Waals surface area contributed by atoms with Crippen molar-refractivity contribution in [3.63, 3.8) is 0 Å². The lowest BCUT2D eigenvalue weighted by atomic mass is 10.1. The molecule has 3 rings (SSSR count). The van der Waals surface area contributed by atoms with E-state index in [1.54, 1.807) is 12.3 Å². The van der Waals surface area contributed by atoms with Crippen LogP contribution in [0.5, 0.6) is 0 Å². The molecule has 3 aromatic rings. The van der Waals surface area contributed by atoms with E-state index in [9.17, 15) is 19.4 Å². The Bertz CT molecular complexity index is 1110. The second kappa shape index (κ2) is 10.4. The second-order valence-corrected chi connectivity index (χ2v) is 7.79. The van der Waals surface area contributed by atoms with E-state index in [0.717, 1.165) is 5.56 Å². The maximum atomic E-state index is 14.4. The fourth-order valence-corrected chi connectivity index (χ4v) is 3.11. The zero-order chi connectivity index (χ0) is 23.3. The highest BCUT2D eigenvalue weighted by atomic mass is 35.5. The molecule has 1 aromatic carbocycles. The third kappa shape index (κ3) is 5.37. The number of aliphatic hydroxyl groups excluding tert-OH is 2. The van der Waals surface area contributed by atoms with Gasteiger partial charge in [-0.15, -0.1) is 0 Å². The Labute approximate surface area is 189 Å². The number of nitrogens with one attached hydrogen (secondary N) is 2. The fourth-order valence-electron chi connectivity index (χ4n) is 2.94. The van der Waals surface area contributed by atoms with Crippen molar-refractivity contribution in [2.24, 2.45) is 0 Å². The minimum atomic E-state index is -0.807. The van der Waals surface area contributed by atoms with Gasteiger partial charge < -0.3 is 20.8 Å². The zero-order valence-electron chi connectivity index (χ0n) is 17.5. The van der Waals surface area contributed by atoms with Crippen LogP contribution in [0.2, 0.25) is 5.02 Å². The Morgan fingerprint density at radius 2 is 1.94 bits per heavy atom. The average molecular weight is 460 g/mol. The Morgan fingerprint density at radius 3 is 2.62 bits per heavy atom. The summed E-state index contributed by atoms with van der Waals surface area (Å²) in [6.45, 7) is 3.08. The molecule has 0 bridgehead atoms. The van der Waals surface area contributed by atoms with Gasteiger partial charge in [0.2, 0.25) is 0 Å². The highest BCUT2D eigenvalue weighted by Gasteiger charge is 2.19. The molecule has 0 fully saturated rings. The van der Waals surface area contributed by atoms with E-state index in [-0.39, 0.29) is 22.9 Å². The highest BCUT2D eigenvalue weighted by Crippen LogP contribution is 2.30. The summed E-state index contributed by atoms with van der Waals surface area (Å²) in [5.74, 6) is -0.484. The van der Waals surface area contributed by atoms with Crippen molar-refractivity contribution in [3.05, 3.63) is 64.8 Å². The molecule has 8 nitrogen and oxygen atoms in total. The van der Waals surface area contributed by atoms with Gasteiger partial charge in [-0.05, 0) is 30.2 Å². The van der Waals surface area contributed by atoms with Crippen LogP contribution in [-0.2, 0) is 0 Å². The smallest absolute Gasteiger partial charge is 0.255 e. The summed E-state index contributed by atoms with van der Waals surface area (Å²) in [6.07, 6.45) is 4.46. The van der Waals surface area contributed by atoms with Gasteiger partial charge in [-0.2, -0.15) is 0 Å². The maximum absolute atomic E-state index is 14.4. The molecule has 1 amide bonds. The maximum Gasteiger partial charge on any atom is 0.255 e. The summed E-state index contributed by atoms with van der Waals surface area (Å²) >= 11 is 6.01. The van der Waals surface area contributed by atoms with Crippen LogP contribution >= 0.6 is 11.6 Å². The summed E-state index contributed by atoms with van der Waals surface area (Å²) in [5.41, 5.74) is 1.48. The van der Waals surface area contributed by atoms with Crippen LogP contribution in [0, 0.1) is 5.82 Å². The molecular formula is C22H23ClFN5O3. The van der Waals surface area contributed by atoms with Crippen LogP contribution < -0.4 is 10.6 Å². The number of hydrogen-bond acceptors (Lipinski definition) is 7. The van der Waals surface area contributed by atoms with Gasteiger partial charge in [0.1, 0.15) is 11.6 Å². The number of rotatable bonds is 8. The predicted molar refractivity (Wildman–Crippen MR) is 119 cm³/mol. The van der Waals surface area contributed by atoms with Crippen molar-refractivity contribution < 1.29 is 19.4 Å². The highest BCUT2D eigenvalue weighted by molar-refractivity contribution is 6.30. The van der Waals surface area contributed by atoms with E-state index in [1.807, 2.05) is 13.8 Å². The van der Waals surface area contributed by atoms with Crippen molar-refractivity contribution in [1.82, 2.24) is 20.3 Å². The molecule has 0 aliphatic carbocycles. The fraction of sp³-hybridized carbons (Fsp3) is 0.273. The summed E-state index contributed by atoms with van der Waals surface area (Å²) in [5, 5.41) is 24.5. The number of hydrogen-bond donors (Lipinski definition) is 4. The standard InChI is InChI=1S/C22H23ClFN5O3/c1-12(2)16-9-26-20(15-7-13(23)3-4-18(15)24)29-21(16)28-19-5-6-25-8-17(19)22(32)27-14(10-30)11-31/h3-9,12,14,30-31H,10-11H2,1-2H3,(H,27,32)(H,25,26,28,29). The minimum Gasteiger partial charge on any atom is -0.394 e. The molecule has 4 N–H and O–H groups in total. The molecule has 168 valence electrons. The molecule has 10 heteroatoms. The Kier molecular flexibility index (Phi) is 7.68. The van der Waals surface area contributed by atoms with Gasteiger partial charge in [-0.3, -0.25) is 9.78 Å². The second-order valence-electron chi connectivity index (χ2n) is 7.36. The van der Waals surface area contributed by atoms with Crippen LogP contribution in [0.4, 0.5) is 15.9 Å². The van der Waals surface area contributed by atoms with E-state index < -0.39 is 31.0 Å². The van der Waals surface area contributed by atoms with E-state index in [1.165, 1.54) is 30.6 Å². The normalized spacial score (nSPS) is 11.1. The van der Waals surface area contributed by atoms with E-state index in [0.29, 0.717) is 16.5 Å². The van der Waals surface area contributed by atoms with E-state index >= 15 is 0 Å². The molecular weight excluding hydrogens is 437 g/mol.